The Hall–Kier alpha value is -4.66. The first-order valence-electron chi connectivity index (χ1n) is 19.0. The number of thiazole rings is 1. The minimum atomic E-state index is -0.987. The zero-order valence-corrected chi connectivity index (χ0v) is 34.8. The number of ether oxygens (including phenoxy) is 1. The van der Waals surface area contributed by atoms with Gasteiger partial charge in [-0.05, 0) is 59.1 Å². The Balaban J connectivity index is 0.00000720. The molecule has 1 aliphatic rings. The van der Waals surface area contributed by atoms with Crippen molar-refractivity contribution in [3.05, 3.63) is 101 Å². The van der Waals surface area contributed by atoms with Gasteiger partial charge in [-0.25, -0.2) is 4.98 Å². The smallest absolute Gasteiger partial charge is 0.246 e. The normalized spacial score (nSPS) is 16.9. The quantitative estimate of drug-likeness (QED) is 0.104. The van der Waals surface area contributed by atoms with Gasteiger partial charge in [0.2, 0.25) is 23.6 Å². The summed E-state index contributed by atoms with van der Waals surface area (Å²) in [7, 11) is 0. The van der Waals surface area contributed by atoms with Crippen LogP contribution in [-0.2, 0) is 43.5 Å². The topological polar surface area (TPSA) is 190 Å². The van der Waals surface area contributed by atoms with E-state index in [4.69, 9.17) is 16.2 Å². The van der Waals surface area contributed by atoms with Crippen molar-refractivity contribution in [1.82, 2.24) is 20.5 Å². The lowest BCUT2D eigenvalue weighted by Crippen LogP contribution is -2.58. The molecule has 12 nitrogen and oxygen atoms in total. The number of benzene rings is 3. The fourth-order valence-corrected chi connectivity index (χ4v) is 7.61. The van der Waals surface area contributed by atoms with E-state index < -0.39 is 41.5 Å². The highest BCUT2D eigenvalue weighted by molar-refractivity contribution is 7.13. The number of carbonyl (C=O) groups excluding carboxylic acids is 4. The molecular formula is C43H55ClN6O6S. The summed E-state index contributed by atoms with van der Waals surface area (Å²) in [6.07, 6.45) is -0.679. The molecular weight excluding hydrogens is 764 g/mol. The highest BCUT2D eigenvalue weighted by atomic mass is 35.5. The number of nitrogens with zero attached hydrogens (tertiary/aromatic N) is 2. The number of halogens is 1. The molecule has 1 aromatic heterocycles. The molecule has 1 fully saturated rings. The summed E-state index contributed by atoms with van der Waals surface area (Å²) in [4.78, 5) is 59.9. The van der Waals surface area contributed by atoms with Gasteiger partial charge in [0.25, 0.3) is 0 Å². The Morgan fingerprint density at radius 3 is 2.32 bits per heavy atom. The maximum absolute atomic E-state index is 14.3. The molecule has 0 unspecified atom stereocenters. The number of aryl methyl sites for hydroxylation is 1. The van der Waals surface area contributed by atoms with Crippen molar-refractivity contribution < 1.29 is 29.0 Å². The number of aliphatic hydroxyl groups is 1. The van der Waals surface area contributed by atoms with Gasteiger partial charge < -0.3 is 36.8 Å². The van der Waals surface area contributed by atoms with Gasteiger partial charge in [0.1, 0.15) is 12.1 Å². The number of amides is 4. The standard InChI is InChI=1S/C43H54N6O6S.ClH/c1-26-39(56-25-47-26)30-13-11-28(12-14-30)22-46-41(53)36-21-34(50)23-49(36)42(54)40(43(3,4)5)48-38(52)20-33-19-31(29-9-7-6-8-10-29)15-16-32(33)24-55-27(2)35(44)17-18-37(45)51;/h6-16,19,25,27,34-36,40,50H,17-18,20-24,44H2,1-5H3,(H2,45,51)(H,46,53)(H,48,52);1H/t27-,34-,35+,36+,40-;/m1./s1. The van der Waals surface area contributed by atoms with Crippen LogP contribution in [0.25, 0.3) is 21.6 Å². The maximum Gasteiger partial charge on any atom is 0.246 e. The largest absolute Gasteiger partial charge is 0.391 e. The van der Waals surface area contributed by atoms with Crippen LogP contribution in [0, 0.1) is 12.3 Å². The summed E-state index contributed by atoms with van der Waals surface area (Å²) in [5.74, 6) is -1.62. The molecule has 4 aromatic rings. The second-order valence-electron chi connectivity index (χ2n) is 15.7. The fourth-order valence-electron chi connectivity index (χ4n) is 6.80. The number of nitrogens with two attached hydrogens (primary N) is 2. The molecule has 14 heteroatoms. The summed E-state index contributed by atoms with van der Waals surface area (Å²) in [6.45, 7) is 9.76. The molecule has 0 spiro atoms. The number of rotatable bonds is 16. The van der Waals surface area contributed by atoms with Crippen LogP contribution in [0.4, 0.5) is 0 Å². The number of likely N-dealkylation sites (tertiary alicyclic amines) is 1. The van der Waals surface area contributed by atoms with Crippen molar-refractivity contribution in [3.63, 3.8) is 0 Å². The van der Waals surface area contributed by atoms with E-state index in [0.29, 0.717) is 12.0 Å². The molecule has 0 bridgehead atoms. The Kier molecular flexibility index (Phi) is 15.9. The van der Waals surface area contributed by atoms with E-state index in [2.05, 4.69) is 15.6 Å². The number of primary amides is 1. The highest BCUT2D eigenvalue weighted by Crippen LogP contribution is 2.29. The highest BCUT2D eigenvalue weighted by Gasteiger charge is 2.44. The molecule has 2 heterocycles. The van der Waals surface area contributed by atoms with Gasteiger partial charge in [-0.3, -0.25) is 19.2 Å². The van der Waals surface area contributed by atoms with Gasteiger partial charge in [0.15, 0.2) is 0 Å². The Morgan fingerprint density at radius 2 is 1.68 bits per heavy atom. The fraction of sp³-hybridized carbons (Fsp3) is 0.419. The van der Waals surface area contributed by atoms with Gasteiger partial charge in [0.05, 0.1) is 41.3 Å². The molecule has 0 radical (unpaired) electrons. The first kappa shape index (κ1) is 45.0. The summed E-state index contributed by atoms with van der Waals surface area (Å²) < 4.78 is 6.11. The number of aliphatic hydroxyl groups excluding tert-OH is 1. The van der Waals surface area contributed by atoms with Crippen LogP contribution in [0.3, 0.4) is 0 Å². The average molecular weight is 819 g/mol. The van der Waals surface area contributed by atoms with E-state index in [9.17, 15) is 24.3 Å². The third-order valence-electron chi connectivity index (χ3n) is 10.2. The Morgan fingerprint density at radius 1 is 1.00 bits per heavy atom. The third-order valence-corrected chi connectivity index (χ3v) is 11.2. The maximum atomic E-state index is 14.3. The van der Waals surface area contributed by atoms with Crippen LogP contribution in [0.5, 0.6) is 0 Å². The van der Waals surface area contributed by atoms with Crippen molar-refractivity contribution in [1.29, 1.82) is 0 Å². The number of β-amino-alcohol motifs (C(OH)–C–C–N with tert-alkyl or cyclic N) is 1. The lowest BCUT2D eigenvalue weighted by atomic mass is 9.85. The minimum Gasteiger partial charge on any atom is -0.391 e. The van der Waals surface area contributed by atoms with Crippen LogP contribution in [0.15, 0.2) is 78.3 Å². The van der Waals surface area contributed by atoms with Crippen molar-refractivity contribution in [2.24, 2.45) is 16.9 Å². The lowest BCUT2D eigenvalue weighted by Gasteiger charge is -2.35. The SMILES string of the molecule is Cc1ncsc1-c1ccc(CNC(=O)[C@@H]2C[C@@H](O)CN2C(=O)[C@@H](NC(=O)Cc2cc(-c3ccccc3)ccc2CO[C@H](C)[C@@H](N)CCC(N)=O)C(C)(C)C)cc1.Cl. The van der Waals surface area contributed by atoms with Gasteiger partial charge in [-0.2, -0.15) is 0 Å². The van der Waals surface area contributed by atoms with Crippen molar-refractivity contribution in [3.8, 4) is 21.6 Å². The third kappa shape index (κ3) is 12.2. The molecule has 0 aliphatic carbocycles. The van der Waals surface area contributed by atoms with Crippen molar-refractivity contribution in [2.75, 3.05) is 6.54 Å². The number of hydrogen-bond acceptors (Lipinski definition) is 9. The predicted octanol–water partition coefficient (Wildman–Crippen LogP) is 5.06. The van der Waals surface area contributed by atoms with E-state index >= 15 is 0 Å². The summed E-state index contributed by atoms with van der Waals surface area (Å²) in [5, 5.41) is 16.6. The molecule has 5 atom stereocenters. The van der Waals surface area contributed by atoms with Crippen LogP contribution < -0.4 is 22.1 Å². The monoisotopic (exact) mass is 818 g/mol. The lowest BCUT2D eigenvalue weighted by molar-refractivity contribution is -0.144. The molecule has 306 valence electrons. The number of nitrogens with one attached hydrogen (secondary N) is 2. The van der Waals surface area contributed by atoms with Gasteiger partial charge >= 0.3 is 0 Å². The molecule has 1 saturated heterocycles. The average Bonchev–Trinajstić information content (AvgIpc) is 3.79. The molecule has 3 aromatic carbocycles. The summed E-state index contributed by atoms with van der Waals surface area (Å²) in [5.41, 5.74) is 18.9. The zero-order chi connectivity index (χ0) is 40.6. The molecule has 5 rings (SSSR count). The van der Waals surface area contributed by atoms with Gasteiger partial charge in [-0.15, -0.1) is 23.7 Å². The van der Waals surface area contributed by atoms with E-state index in [1.165, 1.54) is 4.90 Å². The van der Waals surface area contributed by atoms with E-state index in [1.54, 1.807) is 11.3 Å². The van der Waals surface area contributed by atoms with Crippen LogP contribution in [-0.4, -0.2) is 75.5 Å². The van der Waals surface area contributed by atoms with Crippen molar-refractivity contribution in [2.45, 2.75) is 104 Å². The minimum absolute atomic E-state index is 0. The van der Waals surface area contributed by atoms with Crippen LogP contribution >= 0.6 is 23.7 Å². The van der Waals surface area contributed by atoms with E-state index in [1.807, 2.05) is 113 Å². The molecule has 57 heavy (non-hydrogen) atoms. The molecule has 0 saturated carbocycles. The van der Waals surface area contributed by atoms with E-state index in [0.717, 1.165) is 38.4 Å². The number of aromatic nitrogens is 1. The van der Waals surface area contributed by atoms with Crippen LogP contribution in [0.1, 0.15) is 69.3 Å². The zero-order valence-electron chi connectivity index (χ0n) is 33.2. The second-order valence-corrected chi connectivity index (χ2v) is 16.5. The first-order chi connectivity index (χ1) is 26.6. The van der Waals surface area contributed by atoms with Gasteiger partial charge in [0, 0.05) is 32.0 Å². The van der Waals surface area contributed by atoms with E-state index in [-0.39, 0.29) is 69.3 Å². The van der Waals surface area contributed by atoms with Crippen LogP contribution in [0.2, 0.25) is 0 Å². The molecule has 1 aliphatic heterocycles. The molecule has 4 amide bonds. The predicted molar refractivity (Wildman–Crippen MR) is 225 cm³/mol. The Labute approximate surface area is 345 Å². The summed E-state index contributed by atoms with van der Waals surface area (Å²) in [6, 6.07) is 21.2. The second kappa shape index (κ2) is 20.2. The summed E-state index contributed by atoms with van der Waals surface area (Å²) >= 11 is 1.57. The Bertz CT molecular complexity index is 1990. The first-order valence-corrected chi connectivity index (χ1v) is 19.9. The van der Waals surface area contributed by atoms with Gasteiger partial charge in [-0.1, -0.05) is 93.6 Å². The number of carbonyl (C=O) groups is 4. The molecule has 7 N–H and O–H groups in total. The number of hydrogen-bond donors (Lipinski definition) is 5. The van der Waals surface area contributed by atoms with Crippen molar-refractivity contribution >= 4 is 47.4 Å².